The van der Waals surface area contributed by atoms with Gasteiger partial charge in [-0.15, -0.1) is 0 Å². The number of nitrogens with zero attached hydrogens (tertiary/aromatic N) is 2. The molecule has 1 aliphatic heterocycles. The van der Waals surface area contributed by atoms with Crippen LogP contribution in [0.25, 0.3) is 32.9 Å². The second-order valence-corrected chi connectivity index (χ2v) is 8.47. The van der Waals surface area contributed by atoms with Gasteiger partial charge in [0.25, 0.3) is 0 Å². The zero-order chi connectivity index (χ0) is 19.6. The number of rotatable bonds is 1. The fraction of sp³-hybridized carbons (Fsp3) is 0.182. The van der Waals surface area contributed by atoms with Gasteiger partial charge in [-0.1, -0.05) is 51.1 Å². The highest BCUT2D eigenvalue weighted by atomic mass is 32.1. The van der Waals surface area contributed by atoms with Gasteiger partial charge < -0.3 is 4.74 Å². The van der Waals surface area contributed by atoms with Crippen LogP contribution in [-0.2, 0) is 10.2 Å². The lowest BCUT2D eigenvalue weighted by atomic mass is 9.84. The molecule has 0 fully saturated rings. The third-order valence-corrected chi connectivity index (χ3v) is 5.71. The fourth-order valence-corrected chi connectivity index (χ4v) is 4.44. The van der Waals surface area contributed by atoms with E-state index in [-0.39, 0.29) is 5.41 Å². The van der Waals surface area contributed by atoms with E-state index in [1.807, 2.05) is 18.2 Å². The van der Waals surface area contributed by atoms with Gasteiger partial charge in [0.2, 0.25) is 0 Å². The van der Waals surface area contributed by atoms with Crippen molar-refractivity contribution in [2.45, 2.75) is 26.2 Å². The molecule has 0 saturated heterocycles. The second-order valence-electron chi connectivity index (χ2n) is 7.94. The van der Waals surface area contributed by atoms with Gasteiger partial charge in [-0.05, 0) is 34.1 Å². The molecule has 0 spiro atoms. The van der Waals surface area contributed by atoms with Gasteiger partial charge in [0.1, 0.15) is 11.0 Å². The van der Waals surface area contributed by atoms with Crippen LogP contribution in [0.4, 0.5) is 0 Å². The summed E-state index contributed by atoms with van der Waals surface area (Å²) in [5, 5.41) is 1.47. The highest BCUT2D eigenvalue weighted by Gasteiger charge is 2.29. The van der Waals surface area contributed by atoms with Crippen LogP contribution in [0.2, 0.25) is 0 Å². The Morgan fingerprint density at radius 2 is 1.43 bits per heavy atom. The van der Waals surface area contributed by atoms with Gasteiger partial charge in [0, 0.05) is 10.9 Å². The Labute approximate surface area is 165 Å². The largest absolute Gasteiger partial charge is 0.386 e. The Hall–Kier alpha value is -3.12. The number of benzene rings is 3. The molecule has 138 valence electrons. The van der Waals surface area contributed by atoms with Crippen molar-refractivity contribution in [3.05, 3.63) is 59.2 Å². The zero-order valence-electron chi connectivity index (χ0n) is 15.6. The fourth-order valence-electron chi connectivity index (χ4n) is 3.87. The maximum absolute atomic E-state index is 12.2. The first kappa shape index (κ1) is 17.0. The normalized spacial score (nSPS) is 14.0. The number of carbonyl (C=O) groups is 2. The van der Waals surface area contributed by atoms with E-state index in [1.54, 1.807) is 12.1 Å². The second kappa shape index (κ2) is 5.69. The maximum Gasteiger partial charge on any atom is 0.346 e. The van der Waals surface area contributed by atoms with Crippen molar-refractivity contribution in [3.8, 4) is 11.1 Å². The lowest BCUT2D eigenvalue weighted by Crippen LogP contribution is -2.19. The summed E-state index contributed by atoms with van der Waals surface area (Å²) in [6.45, 7) is 6.46. The third-order valence-electron chi connectivity index (χ3n) is 5.18. The molecule has 0 bridgehead atoms. The van der Waals surface area contributed by atoms with Crippen LogP contribution in [0, 0.1) is 0 Å². The Balaban J connectivity index is 1.86. The summed E-state index contributed by atoms with van der Waals surface area (Å²) in [5.41, 5.74) is 5.49. The molecule has 2 heterocycles. The molecule has 5 nitrogen and oxygen atoms in total. The van der Waals surface area contributed by atoms with Gasteiger partial charge in [0.15, 0.2) is 0 Å². The van der Waals surface area contributed by atoms with Crippen LogP contribution < -0.4 is 0 Å². The highest BCUT2D eigenvalue weighted by molar-refractivity contribution is 7.00. The van der Waals surface area contributed by atoms with E-state index in [4.69, 9.17) is 4.74 Å². The number of carbonyl (C=O) groups excluding carboxylic acids is 2. The quantitative estimate of drug-likeness (QED) is 0.334. The molecule has 6 heteroatoms. The van der Waals surface area contributed by atoms with E-state index in [2.05, 4.69) is 41.7 Å². The summed E-state index contributed by atoms with van der Waals surface area (Å²) < 4.78 is 14.0. The minimum absolute atomic E-state index is 0.0529. The molecule has 5 rings (SSSR count). The maximum atomic E-state index is 12.2. The van der Waals surface area contributed by atoms with Crippen LogP contribution >= 0.6 is 11.7 Å². The van der Waals surface area contributed by atoms with E-state index in [1.165, 1.54) is 11.7 Å². The molecule has 0 unspecified atom stereocenters. The van der Waals surface area contributed by atoms with Gasteiger partial charge in [0.05, 0.1) is 22.9 Å². The summed E-state index contributed by atoms with van der Waals surface area (Å²) in [6, 6.07) is 13.2. The summed E-state index contributed by atoms with van der Waals surface area (Å²) in [4.78, 5) is 24.4. The molecule has 0 N–H and O–H groups in total. The molecular formula is C22H16N2O3S. The lowest BCUT2D eigenvalue weighted by molar-refractivity contribution is 0.0391. The molecule has 1 aliphatic rings. The number of hydrogen-bond acceptors (Lipinski definition) is 6. The summed E-state index contributed by atoms with van der Waals surface area (Å²) in [6.07, 6.45) is 0. The molecule has 1 aromatic heterocycles. The van der Waals surface area contributed by atoms with Crippen LogP contribution in [-0.4, -0.2) is 20.7 Å². The molecule has 0 amide bonds. The number of aromatic nitrogens is 2. The predicted octanol–water partition coefficient (Wildman–Crippen LogP) is 5.12. The number of ether oxygens (including phenoxy) is 1. The molecule has 0 aliphatic carbocycles. The van der Waals surface area contributed by atoms with Crippen molar-refractivity contribution < 1.29 is 14.3 Å². The van der Waals surface area contributed by atoms with Crippen LogP contribution in [0.1, 0.15) is 47.1 Å². The minimum Gasteiger partial charge on any atom is -0.386 e. The van der Waals surface area contributed by atoms with Crippen molar-refractivity contribution in [1.82, 2.24) is 8.75 Å². The summed E-state index contributed by atoms with van der Waals surface area (Å²) in [5.74, 6) is -1.22. The first-order chi connectivity index (χ1) is 13.4. The van der Waals surface area contributed by atoms with Crippen molar-refractivity contribution in [2.24, 2.45) is 0 Å². The molecule has 0 saturated carbocycles. The van der Waals surface area contributed by atoms with Gasteiger partial charge in [-0.25, -0.2) is 9.59 Å². The number of fused-ring (bicyclic) bond motifs is 1. The lowest BCUT2D eigenvalue weighted by Gasteiger charge is -2.21. The Kier molecular flexibility index (Phi) is 3.46. The number of cyclic esters (lactones) is 2. The van der Waals surface area contributed by atoms with Crippen molar-refractivity contribution in [2.75, 3.05) is 0 Å². The van der Waals surface area contributed by atoms with E-state index < -0.39 is 11.9 Å². The first-order valence-electron chi connectivity index (χ1n) is 8.94. The Morgan fingerprint density at radius 3 is 2.18 bits per heavy atom. The topological polar surface area (TPSA) is 69.2 Å². The Morgan fingerprint density at radius 1 is 0.786 bits per heavy atom. The third kappa shape index (κ3) is 2.31. The average Bonchev–Trinajstić information content (AvgIpc) is 3.14. The zero-order valence-corrected chi connectivity index (χ0v) is 16.4. The van der Waals surface area contributed by atoms with Crippen molar-refractivity contribution >= 4 is 45.5 Å². The molecule has 4 aromatic rings. The summed E-state index contributed by atoms with van der Waals surface area (Å²) >= 11 is 1.19. The SMILES string of the molecule is CC(C)(C)c1ccc(-c2ccc3c4c(cccc24)C(=O)OC3=O)c2nsnc12. The first-order valence-corrected chi connectivity index (χ1v) is 9.67. The smallest absolute Gasteiger partial charge is 0.346 e. The van der Waals surface area contributed by atoms with Crippen LogP contribution in [0.3, 0.4) is 0 Å². The van der Waals surface area contributed by atoms with E-state index in [0.29, 0.717) is 16.5 Å². The van der Waals surface area contributed by atoms with E-state index in [9.17, 15) is 9.59 Å². The molecular weight excluding hydrogens is 372 g/mol. The van der Waals surface area contributed by atoms with Crippen LogP contribution in [0.5, 0.6) is 0 Å². The van der Waals surface area contributed by atoms with Crippen LogP contribution in [0.15, 0.2) is 42.5 Å². The van der Waals surface area contributed by atoms with Crippen molar-refractivity contribution in [1.29, 1.82) is 0 Å². The standard InChI is InChI=1S/C22H16N2O3S/c1-22(2,3)16-10-9-13(18-19(16)24-28-23-18)11-7-8-15-17-12(11)5-4-6-14(17)20(25)27-21(15)26/h4-10H,1-3H3. The van der Waals surface area contributed by atoms with Gasteiger partial charge >= 0.3 is 11.9 Å². The van der Waals surface area contributed by atoms with Gasteiger partial charge in [-0.3, -0.25) is 0 Å². The monoisotopic (exact) mass is 388 g/mol. The molecule has 0 radical (unpaired) electrons. The minimum atomic E-state index is -0.608. The number of hydrogen-bond donors (Lipinski definition) is 0. The van der Waals surface area contributed by atoms with E-state index in [0.717, 1.165) is 33.1 Å². The summed E-state index contributed by atoms with van der Waals surface area (Å²) in [7, 11) is 0. The Bertz CT molecular complexity index is 1290. The molecule has 0 atom stereocenters. The highest BCUT2D eigenvalue weighted by Crippen LogP contribution is 2.40. The predicted molar refractivity (Wildman–Crippen MR) is 109 cm³/mol. The molecule has 28 heavy (non-hydrogen) atoms. The van der Waals surface area contributed by atoms with Gasteiger partial charge in [-0.2, -0.15) is 8.75 Å². The average molecular weight is 388 g/mol. The number of esters is 2. The van der Waals surface area contributed by atoms with Crippen molar-refractivity contribution in [3.63, 3.8) is 0 Å². The van der Waals surface area contributed by atoms with E-state index >= 15 is 0 Å². The molecule has 3 aromatic carbocycles.